The van der Waals surface area contributed by atoms with Gasteiger partial charge in [0.2, 0.25) is 0 Å². The summed E-state index contributed by atoms with van der Waals surface area (Å²) in [6.45, 7) is 3.84. The van der Waals surface area contributed by atoms with Crippen LogP contribution in [0.25, 0.3) is 0 Å². The average molecular weight is 302 g/mol. The fourth-order valence-electron chi connectivity index (χ4n) is 2.92. The zero-order valence-corrected chi connectivity index (χ0v) is 12.6. The number of carbonyl (C=O) groups is 2. The number of furan rings is 1. The Hall–Kier alpha value is -2.50. The van der Waals surface area contributed by atoms with Gasteiger partial charge in [0.1, 0.15) is 17.2 Å². The predicted molar refractivity (Wildman–Crippen MR) is 80.0 cm³/mol. The van der Waals surface area contributed by atoms with Crippen molar-refractivity contribution in [2.24, 2.45) is 0 Å². The molecule has 0 saturated carbocycles. The van der Waals surface area contributed by atoms with Gasteiger partial charge in [-0.05, 0) is 32.4 Å². The molecule has 3 rings (SSSR count). The van der Waals surface area contributed by atoms with Gasteiger partial charge in [0.05, 0.1) is 17.9 Å². The van der Waals surface area contributed by atoms with Crippen LogP contribution >= 0.6 is 0 Å². The molecule has 0 unspecified atom stereocenters. The van der Waals surface area contributed by atoms with Gasteiger partial charge in [-0.2, -0.15) is 0 Å². The fraction of sp³-hybridized carbons (Fsp3) is 0.375. The van der Waals surface area contributed by atoms with E-state index in [1.165, 1.54) is 0 Å². The minimum atomic E-state index is -0.535. The molecule has 0 fully saturated rings. The minimum Gasteiger partial charge on any atom is -0.466 e. The van der Waals surface area contributed by atoms with E-state index in [4.69, 9.17) is 14.9 Å². The van der Waals surface area contributed by atoms with Gasteiger partial charge in [-0.3, -0.25) is 4.79 Å². The normalized spacial score (nSPS) is 17.4. The Kier molecular flexibility index (Phi) is 3.52. The van der Waals surface area contributed by atoms with Crippen molar-refractivity contribution in [1.82, 2.24) is 4.98 Å². The van der Waals surface area contributed by atoms with E-state index in [1.54, 1.807) is 6.92 Å². The number of hydrogen-bond donors (Lipinski definition) is 2. The van der Waals surface area contributed by atoms with Crippen molar-refractivity contribution in [2.45, 2.75) is 32.6 Å². The Labute approximate surface area is 127 Å². The van der Waals surface area contributed by atoms with Crippen LogP contribution in [0.3, 0.4) is 0 Å². The number of esters is 1. The molecule has 6 heteroatoms. The second kappa shape index (κ2) is 5.36. The number of ketones is 1. The lowest BCUT2D eigenvalue weighted by Crippen LogP contribution is -2.18. The molecule has 1 aliphatic rings. The van der Waals surface area contributed by atoms with E-state index in [0.29, 0.717) is 24.1 Å². The lowest BCUT2D eigenvalue weighted by molar-refractivity contribution is 0.0521. The number of nitrogens with one attached hydrogen (secondary N) is 1. The van der Waals surface area contributed by atoms with Crippen LogP contribution in [-0.2, 0) is 11.2 Å². The number of aromatic nitrogens is 1. The van der Waals surface area contributed by atoms with Crippen molar-refractivity contribution in [3.8, 4) is 0 Å². The molecule has 2 aromatic heterocycles. The maximum Gasteiger partial charge on any atom is 0.356 e. The summed E-state index contributed by atoms with van der Waals surface area (Å²) in [5, 5.41) is 0. The van der Waals surface area contributed by atoms with Crippen molar-refractivity contribution in [3.05, 3.63) is 40.6 Å². The fourth-order valence-corrected chi connectivity index (χ4v) is 2.92. The largest absolute Gasteiger partial charge is 0.466 e. The second-order valence-corrected chi connectivity index (χ2v) is 5.46. The Morgan fingerprint density at radius 3 is 2.86 bits per heavy atom. The van der Waals surface area contributed by atoms with Crippen molar-refractivity contribution in [1.29, 1.82) is 0 Å². The molecule has 6 nitrogen and oxygen atoms in total. The first-order chi connectivity index (χ1) is 10.5. The zero-order valence-electron chi connectivity index (χ0n) is 12.6. The monoisotopic (exact) mass is 302 g/mol. The first-order valence-corrected chi connectivity index (χ1v) is 7.28. The molecule has 2 heterocycles. The number of nitrogen functional groups attached to an aromatic ring is 1. The zero-order chi connectivity index (χ0) is 15.9. The summed E-state index contributed by atoms with van der Waals surface area (Å²) in [5.74, 6) is 0.938. The number of H-pyrrole nitrogens is 1. The highest BCUT2D eigenvalue weighted by atomic mass is 16.5. The summed E-state index contributed by atoms with van der Waals surface area (Å²) < 4.78 is 10.6. The number of anilines is 1. The number of rotatable bonds is 3. The van der Waals surface area contributed by atoms with Crippen LogP contribution in [0.2, 0.25) is 0 Å². The van der Waals surface area contributed by atoms with E-state index in [0.717, 1.165) is 11.5 Å². The molecule has 0 spiro atoms. The number of nitrogens with two attached hydrogens (primary N) is 1. The average Bonchev–Trinajstić information content (AvgIpc) is 3.03. The molecule has 0 amide bonds. The van der Waals surface area contributed by atoms with Crippen molar-refractivity contribution in [3.63, 3.8) is 0 Å². The number of carbonyl (C=O) groups excluding carboxylic acids is 2. The Morgan fingerprint density at radius 2 is 2.23 bits per heavy atom. The minimum absolute atomic E-state index is 0.0400. The van der Waals surface area contributed by atoms with Gasteiger partial charge in [0, 0.05) is 18.0 Å². The Bertz CT molecular complexity index is 741. The standard InChI is InChI=1S/C16H18N2O4/c1-3-21-16(20)15-14(17)13-10(18-15)6-9(7-11(13)19)12-5-4-8(2)22-12/h4-5,9,18H,3,6-7,17H2,1-2H3/t9-/m0/s1. The number of fused-ring (bicyclic) bond motifs is 1. The van der Waals surface area contributed by atoms with Crippen LogP contribution in [0.5, 0.6) is 0 Å². The van der Waals surface area contributed by atoms with E-state index < -0.39 is 5.97 Å². The van der Waals surface area contributed by atoms with Crippen molar-refractivity contribution >= 4 is 17.4 Å². The van der Waals surface area contributed by atoms with Crippen LogP contribution in [0, 0.1) is 6.92 Å². The highest BCUT2D eigenvalue weighted by molar-refractivity contribution is 6.08. The lowest BCUT2D eigenvalue weighted by atomic mass is 9.85. The smallest absolute Gasteiger partial charge is 0.356 e. The van der Waals surface area contributed by atoms with E-state index in [-0.39, 0.29) is 29.7 Å². The summed E-state index contributed by atoms with van der Waals surface area (Å²) in [5.41, 5.74) is 7.40. The summed E-state index contributed by atoms with van der Waals surface area (Å²) >= 11 is 0. The van der Waals surface area contributed by atoms with Crippen LogP contribution in [0.15, 0.2) is 16.5 Å². The highest BCUT2D eigenvalue weighted by Gasteiger charge is 2.34. The van der Waals surface area contributed by atoms with Crippen LogP contribution in [0.1, 0.15) is 57.3 Å². The van der Waals surface area contributed by atoms with Gasteiger partial charge in [-0.1, -0.05) is 0 Å². The van der Waals surface area contributed by atoms with Crippen LogP contribution in [-0.4, -0.2) is 23.3 Å². The Morgan fingerprint density at radius 1 is 1.45 bits per heavy atom. The number of aryl methyl sites for hydroxylation is 1. The molecular weight excluding hydrogens is 284 g/mol. The molecule has 116 valence electrons. The van der Waals surface area contributed by atoms with Gasteiger partial charge >= 0.3 is 5.97 Å². The molecule has 22 heavy (non-hydrogen) atoms. The molecule has 1 aliphatic carbocycles. The van der Waals surface area contributed by atoms with Gasteiger partial charge in [0.25, 0.3) is 0 Å². The third-order valence-electron chi connectivity index (χ3n) is 3.92. The first-order valence-electron chi connectivity index (χ1n) is 7.28. The van der Waals surface area contributed by atoms with E-state index in [2.05, 4.69) is 4.98 Å². The third kappa shape index (κ3) is 2.30. The molecule has 0 bridgehead atoms. The lowest BCUT2D eigenvalue weighted by Gasteiger charge is -2.19. The number of aromatic amines is 1. The second-order valence-electron chi connectivity index (χ2n) is 5.46. The number of hydrogen-bond acceptors (Lipinski definition) is 5. The van der Waals surface area contributed by atoms with Gasteiger partial charge < -0.3 is 19.9 Å². The van der Waals surface area contributed by atoms with Crippen LogP contribution < -0.4 is 5.73 Å². The maximum absolute atomic E-state index is 12.4. The van der Waals surface area contributed by atoms with Crippen LogP contribution in [0.4, 0.5) is 5.69 Å². The van der Waals surface area contributed by atoms with E-state index in [9.17, 15) is 9.59 Å². The van der Waals surface area contributed by atoms with E-state index >= 15 is 0 Å². The summed E-state index contributed by atoms with van der Waals surface area (Å²) in [7, 11) is 0. The molecule has 0 saturated heterocycles. The number of ether oxygens (including phenoxy) is 1. The predicted octanol–water partition coefficient (Wildman–Crippen LogP) is 2.59. The molecule has 3 N–H and O–H groups in total. The molecule has 0 aromatic carbocycles. The summed E-state index contributed by atoms with van der Waals surface area (Å²) in [6, 6.07) is 3.76. The third-order valence-corrected chi connectivity index (χ3v) is 3.92. The Balaban J connectivity index is 1.95. The molecular formula is C16H18N2O4. The highest BCUT2D eigenvalue weighted by Crippen LogP contribution is 2.37. The first kappa shape index (κ1) is 14.4. The van der Waals surface area contributed by atoms with Crippen molar-refractivity contribution < 1.29 is 18.7 Å². The maximum atomic E-state index is 12.4. The number of Topliss-reactive ketones (excluding diaryl/α,β-unsaturated/α-hetero) is 1. The topological polar surface area (TPSA) is 98.3 Å². The van der Waals surface area contributed by atoms with Gasteiger partial charge in [0.15, 0.2) is 5.78 Å². The summed E-state index contributed by atoms with van der Waals surface area (Å²) in [6.07, 6.45) is 0.905. The van der Waals surface area contributed by atoms with Crippen molar-refractivity contribution in [2.75, 3.05) is 12.3 Å². The summed E-state index contributed by atoms with van der Waals surface area (Å²) in [4.78, 5) is 27.2. The molecule has 0 aliphatic heterocycles. The quantitative estimate of drug-likeness (QED) is 0.849. The van der Waals surface area contributed by atoms with Gasteiger partial charge in [-0.15, -0.1) is 0 Å². The molecule has 0 radical (unpaired) electrons. The van der Waals surface area contributed by atoms with E-state index in [1.807, 2.05) is 19.1 Å². The van der Waals surface area contributed by atoms with Gasteiger partial charge in [-0.25, -0.2) is 4.79 Å². The SMILES string of the molecule is CCOC(=O)c1[nH]c2c(c1N)C(=O)C[C@@H](c1ccc(C)o1)C2. The molecule has 1 atom stereocenters. The molecule has 2 aromatic rings.